The zero-order chi connectivity index (χ0) is 18.8. The second-order valence-corrected chi connectivity index (χ2v) is 6.69. The summed E-state index contributed by atoms with van der Waals surface area (Å²) in [6.07, 6.45) is 2.06. The molecular formula is C20H27BrIN3O2. The van der Waals surface area contributed by atoms with Crippen molar-refractivity contribution in [3.05, 3.63) is 58.1 Å². The van der Waals surface area contributed by atoms with Gasteiger partial charge in [0.2, 0.25) is 0 Å². The van der Waals surface area contributed by atoms with Crippen molar-refractivity contribution in [3.8, 4) is 11.5 Å². The Labute approximate surface area is 187 Å². The third kappa shape index (κ3) is 7.96. The molecule has 0 aliphatic carbocycles. The average molecular weight is 548 g/mol. The average Bonchev–Trinajstić information content (AvgIpc) is 2.67. The largest absolute Gasteiger partial charge is 0.493 e. The molecule has 2 aromatic rings. The van der Waals surface area contributed by atoms with Crippen LogP contribution in [0.3, 0.4) is 0 Å². The first-order chi connectivity index (χ1) is 12.7. The van der Waals surface area contributed by atoms with Crippen LogP contribution >= 0.6 is 39.9 Å². The second-order valence-electron chi connectivity index (χ2n) is 5.78. The summed E-state index contributed by atoms with van der Waals surface area (Å²) in [4.78, 5) is 4.27. The normalized spacial score (nSPS) is 10.7. The van der Waals surface area contributed by atoms with E-state index in [1.807, 2.05) is 24.3 Å². The summed E-state index contributed by atoms with van der Waals surface area (Å²) in [6.45, 7) is 1.52. The third-order valence-corrected chi connectivity index (χ3v) is 4.45. The Morgan fingerprint density at radius 1 is 1.00 bits per heavy atom. The fourth-order valence-corrected chi connectivity index (χ4v) is 3.04. The number of ether oxygens (including phenoxy) is 2. The van der Waals surface area contributed by atoms with Crippen LogP contribution in [0.25, 0.3) is 0 Å². The Hall–Kier alpha value is -1.48. The molecule has 2 N–H and O–H groups in total. The van der Waals surface area contributed by atoms with E-state index in [9.17, 15) is 0 Å². The highest BCUT2D eigenvalue weighted by atomic mass is 127. The van der Waals surface area contributed by atoms with Gasteiger partial charge in [-0.05, 0) is 48.2 Å². The molecule has 0 aliphatic heterocycles. The molecule has 5 nitrogen and oxygen atoms in total. The highest BCUT2D eigenvalue weighted by molar-refractivity contribution is 14.0. The molecule has 7 heteroatoms. The van der Waals surface area contributed by atoms with E-state index in [1.54, 1.807) is 21.3 Å². The number of aliphatic imine (C=N–C) groups is 1. The lowest BCUT2D eigenvalue weighted by atomic mass is 10.1. The number of hydrogen-bond acceptors (Lipinski definition) is 3. The van der Waals surface area contributed by atoms with E-state index in [-0.39, 0.29) is 24.0 Å². The third-order valence-electron chi connectivity index (χ3n) is 3.96. The Balaban J connectivity index is 0.00000364. The minimum Gasteiger partial charge on any atom is -0.493 e. The monoisotopic (exact) mass is 547 g/mol. The molecule has 0 aliphatic rings. The first-order valence-electron chi connectivity index (χ1n) is 8.56. The smallest absolute Gasteiger partial charge is 0.191 e. The van der Waals surface area contributed by atoms with Crippen LogP contribution in [0.2, 0.25) is 0 Å². The minimum absolute atomic E-state index is 0. The summed E-state index contributed by atoms with van der Waals surface area (Å²) in [5.74, 6) is 2.24. The van der Waals surface area contributed by atoms with Crippen LogP contribution in [0.1, 0.15) is 17.5 Å². The van der Waals surface area contributed by atoms with Gasteiger partial charge < -0.3 is 20.1 Å². The second kappa shape index (κ2) is 12.8. The van der Waals surface area contributed by atoms with Crippen molar-refractivity contribution in [1.29, 1.82) is 0 Å². The van der Waals surface area contributed by atoms with Crippen LogP contribution in [0.5, 0.6) is 11.5 Å². The molecule has 2 aromatic carbocycles. The Morgan fingerprint density at radius 3 is 2.44 bits per heavy atom. The summed E-state index contributed by atoms with van der Waals surface area (Å²) in [5, 5.41) is 6.66. The predicted octanol–water partition coefficient (Wildman–Crippen LogP) is 4.38. The number of hydrogen-bond donors (Lipinski definition) is 2. The van der Waals surface area contributed by atoms with Crippen molar-refractivity contribution in [2.45, 2.75) is 19.4 Å². The number of rotatable bonds is 8. The highest BCUT2D eigenvalue weighted by Crippen LogP contribution is 2.27. The maximum atomic E-state index is 5.34. The lowest BCUT2D eigenvalue weighted by molar-refractivity contribution is 0.354. The van der Waals surface area contributed by atoms with Crippen molar-refractivity contribution in [1.82, 2.24) is 10.6 Å². The fraction of sp³-hybridized carbons (Fsp3) is 0.350. The maximum absolute atomic E-state index is 5.34. The lowest BCUT2D eigenvalue weighted by Gasteiger charge is -2.13. The van der Waals surface area contributed by atoms with Crippen molar-refractivity contribution >= 4 is 45.9 Å². The van der Waals surface area contributed by atoms with Crippen molar-refractivity contribution in [3.63, 3.8) is 0 Å². The van der Waals surface area contributed by atoms with E-state index in [1.165, 1.54) is 5.56 Å². The van der Waals surface area contributed by atoms with Gasteiger partial charge in [-0.3, -0.25) is 4.99 Å². The van der Waals surface area contributed by atoms with E-state index in [0.717, 1.165) is 46.9 Å². The number of guanidine groups is 1. The van der Waals surface area contributed by atoms with Crippen LogP contribution in [0.4, 0.5) is 0 Å². The zero-order valence-corrected chi connectivity index (χ0v) is 19.8. The van der Waals surface area contributed by atoms with Gasteiger partial charge in [-0.1, -0.05) is 34.1 Å². The molecule has 0 heterocycles. The molecule has 0 aromatic heterocycles. The van der Waals surface area contributed by atoms with Gasteiger partial charge in [-0.25, -0.2) is 0 Å². The van der Waals surface area contributed by atoms with Gasteiger partial charge in [-0.2, -0.15) is 0 Å². The summed E-state index contributed by atoms with van der Waals surface area (Å²) < 4.78 is 11.7. The van der Waals surface area contributed by atoms with Crippen LogP contribution in [-0.2, 0) is 13.0 Å². The standard InChI is InChI=1S/C20H26BrN3O2.HI/c1-22-20(23-11-5-7-15-6-4-8-17(21)12-15)24-14-16-9-10-18(25-2)19(13-16)26-3;/h4,6,8-10,12-13H,5,7,11,14H2,1-3H3,(H2,22,23,24);1H. The summed E-state index contributed by atoms with van der Waals surface area (Å²) in [6, 6.07) is 14.3. The van der Waals surface area contributed by atoms with Gasteiger partial charge in [0.05, 0.1) is 14.2 Å². The zero-order valence-electron chi connectivity index (χ0n) is 15.9. The number of nitrogens with zero attached hydrogens (tertiary/aromatic N) is 1. The van der Waals surface area contributed by atoms with Crippen LogP contribution in [0.15, 0.2) is 51.9 Å². The number of methoxy groups -OCH3 is 2. The molecule has 0 radical (unpaired) electrons. The number of benzene rings is 2. The van der Waals surface area contributed by atoms with Crippen LogP contribution < -0.4 is 20.1 Å². The predicted molar refractivity (Wildman–Crippen MR) is 126 cm³/mol. The molecule has 27 heavy (non-hydrogen) atoms. The molecule has 148 valence electrons. The molecule has 0 fully saturated rings. The molecule has 0 amide bonds. The minimum atomic E-state index is 0. The van der Waals surface area contributed by atoms with Crippen LogP contribution in [0, 0.1) is 0 Å². The maximum Gasteiger partial charge on any atom is 0.191 e. The summed E-state index contributed by atoms with van der Waals surface area (Å²) in [7, 11) is 5.05. The Morgan fingerprint density at radius 2 is 1.78 bits per heavy atom. The summed E-state index contributed by atoms with van der Waals surface area (Å²) in [5.41, 5.74) is 2.43. The van der Waals surface area contributed by atoms with Crippen molar-refractivity contribution in [2.75, 3.05) is 27.8 Å². The molecule has 2 rings (SSSR count). The van der Waals surface area contributed by atoms with E-state index >= 15 is 0 Å². The SMILES string of the molecule is CN=C(NCCCc1cccc(Br)c1)NCc1ccc(OC)c(OC)c1.I. The molecule has 0 bridgehead atoms. The number of nitrogens with one attached hydrogen (secondary N) is 2. The van der Waals surface area contributed by atoms with E-state index in [4.69, 9.17) is 9.47 Å². The van der Waals surface area contributed by atoms with Crippen molar-refractivity contribution in [2.24, 2.45) is 4.99 Å². The van der Waals surface area contributed by atoms with E-state index < -0.39 is 0 Å². The van der Waals surface area contributed by atoms with Gasteiger partial charge >= 0.3 is 0 Å². The molecule has 0 saturated carbocycles. The topological polar surface area (TPSA) is 54.9 Å². The molecule has 0 spiro atoms. The first kappa shape index (κ1) is 23.6. The van der Waals surface area contributed by atoms with E-state index in [0.29, 0.717) is 6.54 Å². The molecule has 0 saturated heterocycles. The quantitative estimate of drug-likeness (QED) is 0.223. The molecule has 0 unspecified atom stereocenters. The van der Waals surface area contributed by atoms with Gasteiger partial charge in [0, 0.05) is 24.6 Å². The molecular weight excluding hydrogens is 521 g/mol. The fourth-order valence-electron chi connectivity index (χ4n) is 2.59. The van der Waals surface area contributed by atoms with Gasteiger partial charge in [0.1, 0.15) is 0 Å². The Bertz CT molecular complexity index is 741. The molecule has 0 atom stereocenters. The number of halogens is 2. The van der Waals surface area contributed by atoms with Gasteiger partial charge in [-0.15, -0.1) is 24.0 Å². The lowest BCUT2D eigenvalue weighted by Crippen LogP contribution is -2.37. The van der Waals surface area contributed by atoms with Crippen molar-refractivity contribution < 1.29 is 9.47 Å². The highest BCUT2D eigenvalue weighted by Gasteiger charge is 2.05. The first-order valence-corrected chi connectivity index (χ1v) is 9.35. The Kier molecular flexibility index (Phi) is 11.2. The van der Waals surface area contributed by atoms with E-state index in [2.05, 4.69) is 49.8 Å². The van der Waals surface area contributed by atoms with Crippen LogP contribution in [-0.4, -0.2) is 33.8 Å². The van der Waals surface area contributed by atoms with Gasteiger partial charge in [0.15, 0.2) is 17.5 Å². The summed E-state index contributed by atoms with van der Waals surface area (Å²) >= 11 is 3.51. The number of aryl methyl sites for hydroxylation is 1. The van der Waals surface area contributed by atoms with Gasteiger partial charge in [0.25, 0.3) is 0 Å².